The first kappa shape index (κ1) is 14.8. The molecule has 1 aliphatic rings. The van der Waals surface area contributed by atoms with Crippen molar-refractivity contribution < 1.29 is 0 Å². The van der Waals surface area contributed by atoms with Gasteiger partial charge in [-0.05, 0) is 20.3 Å². The topological polar surface area (TPSA) is 49.8 Å². The van der Waals surface area contributed by atoms with Gasteiger partial charge in [-0.1, -0.05) is 27.7 Å². The van der Waals surface area contributed by atoms with Crippen molar-refractivity contribution >= 4 is 5.82 Å². The van der Waals surface area contributed by atoms with E-state index < -0.39 is 0 Å². The lowest BCUT2D eigenvalue weighted by Crippen LogP contribution is -2.31. The molecule has 0 unspecified atom stereocenters. The van der Waals surface area contributed by atoms with Crippen molar-refractivity contribution in [3.05, 3.63) is 17.1 Å². The van der Waals surface area contributed by atoms with Gasteiger partial charge in [0.05, 0.1) is 0 Å². The van der Waals surface area contributed by atoms with Crippen molar-refractivity contribution in [2.45, 2.75) is 48.0 Å². The molecule has 16 heavy (non-hydrogen) atoms. The molecule has 0 aliphatic carbocycles. The Hall–Kier alpha value is -1.16. The van der Waals surface area contributed by atoms with Crippen LogP contribution in [0.15, 0.2) is 0 Å². The lowest BCUT2D eigenvalue weighted by molar-refractivity contribution is 0.721. The first-order valence-corrected chi connectivity index (χ1v) is 6.10. The van der Waals surface area contributed by atoms with Crippen molar-refractivity contribution in [3.63, 3.8) is 0 Å². The fraction of sp³-hybridized carbons (Fsp3) is 0.667. The fourth-order valence-electron chi connectivity index (χ4n) is 1.47. The minimum absolute atomic E-state index is 0.822. The molecule has 1 aliphatic heterocycles. The van der Waals surface area contributed by atoms with Crippen LogP contribution in [0.5, 0.6) is 0 Å². The highest BCUT2D eigenvalue weighted by atomic mass is 15.4. The van der Waals surface area contributed by atoms with Gasteiger partial charge in [0.1, 0.15) is 11.6 Å². The molecule has 0 saturated carbocycles. The SMILES string of the molecule is CC.CC.Cc1nc(C)c2c(n1)NNCC2. The lowest BCUT2D eigenvalue weighted by atomic mass is 10.1. The third kappa shape index (κ3) is 3.77. The van der Waals surface area contributed by atoms with E-state index in [1.54, 1.807) is 0 Å². The summed E-state index contributed by atoms with van der Waals surface area (Å²) >= 11 is 0. The Morgan fingerprint density at radius 1 is 1.00 bits per heavy atom. The molecule has 0 spiro atoms. The molecule has 0 fully saturated rings. The van der Waals surface area contributed by atoms with E-state index in [9.17, 15) is 0 Å². The molecule has 1 aromatic rings. The number of hydrazine groups is 1. The second-order valence-electron chi connectivity index (χ2n) is 2.99. The summed E-state index contributed by atoms with van der Waals surface area (Å²) in [6, 6.07) is 0. The Balaban J connectivity index is 0.000000509. The minimum atomic E-state index is 0.822. The van der Waals surface area contributed by atoms with Gasteiger partial charge in [0.25, 0.3) is 0 Å². The summed E-state index contributed by atoms with van der Waals surface area (Å²) < 4.78 is 0. The predicted molar refractivity (Wildman–Crippen MR) is 69.5 cm³/mol. The minimum Gasteiger partial charge on any atom is -0.305 e. The van der Waals surface area contributed by atoms with Crippen LogP contribution < -0.4 is 10.9 Å². The van der Waals surface area contributed by atoms with Crippen LogP contribution in [0.2, 0.25) is 0 Å². The van der Waals surface area contributed by atoms with Crippen molar-refractivity contribution in [1.82, 2.24) is 15.4 Å². The molecule has 2 heterocycles. The molecule has 0 aromatic carbocycles. The molecule has 2 N–H and O–H groups in total. The van der Waals surface area contributed by atoms with Gasteiger partial charge in [-0.2, -0.15) is 0 Å². The monoisotopic (exact) mass is 224 g/mol. The van der Waals surface area contributed by atoms with Crippen LogP contribution in [0.25, 0.3) is 0 Å². The molecule has 0 amide bonds. The highest BCUT2D eigenvalue weighted by Gasteiger charge is 2.12. The zero-order chi connectivity index (χ0) is 12.6. The zero-order valence-electron chi connectivity index (χ0n) is 11.3. The standard InChI is InChI=1S/C8H12N4.2C2H6/c1-5-7-3-4-9-12-8(7)11-6(2)10-5;2*1-2/h9H,3-4H2,1-2H3,(H,10,11,12);2*1-2H3. The number of aryl methyl sites for hydroxylation is 2. The largest absolute Gasteiger partial charge is 0.305 e. The summed E-state index contributed by atoms with van der Waals surface area (Å²) in [4.78, 5) is 8.60. The average Bonchev–Trinajstić information content (AvgIpc) is 2.34. The van der Waals surface area contributed by atoms with Crippen LogP contribution in [-0.4, -0.2) is 16.5 Å². The first-order valence-electron chi connectivity index (χ1n) is 6.10. The Morgan fingerprint density at radius 3 is 2.25 bits per heavy atom. The van der Waals surface area contributed by atoms with Crippen molar-refractivity contribution in [2.24, 2.45) is 0 Å². The number of anilines is 1. The van der Waals surface area contributed by atoms with Gasteiger partial charge >= 0.3 is 0 Å². The Labute approximate surface area is 98.9 Å². The fourth-order valence-corrected chi connectivity index (χ4v) is 1.47. The van der Waals surface area contributed by atoms with Crippen LogP contribution >= 0.6 is 0 Å². The number of nitrogens with zero attached hydrogens (tertiary/aromatic N) is 2. The molecule has 0 radical (unpaired) electrons. The van der Waals surface area contributed by atoms with Crippen LogP contribution in [-0.2, 0) is 6.42 Å². The van der Waals surface area contributed by atoms with Gasteiger partial charge in [-0.25, -0.2) is 15.4 Å². The van der Waals surface area contributed by atoms with Crippen molar-refractivity contribution in [1.29, 1.82) is 0 Å². The van der Waals surface area contributed by atoms with Crippen LogP contribution in [0.4, 0.5) is 5.82 Å². The summed E-state index contributed by atoms with van der Waals surface area (Å²) in [6.07, 6.45) is 1.01. The van der Waals surface area contributed by atoms with Gasteiger partial charge in [0.2, 0.25) is 0 Å². The molecule has 0 atom stereocenters. The number of nitrogens with one attached hydrogen (secondary N) is 2. The second kappa shape index (κ2) is 8.05. The maximum Gasteiger partial charge on any atom is 0.147 e. The third-order valence-electron chi connectivity index (χ3n) is 2.03. The predicted octanol–water partition coefficient (Wildman–Crippen LogP) is 2.62. The van der Waals surface area contributed by atoms with E-state index >= 15 is 0 Å². The molecule has 4 heteroatoms. The quantitative estimate of drug-likeness (QED) is 0.711. The lowest BCUT2D eigenvalue weighted by Gasteiger charge is -2.19. The third-order valence-corrected chi connectivity index (χ3v) is 2.03. The highest BCUT2D eigenvalue weighted by Crippen LogP contribution is 2.17. The van der Waals surface area contributed by atoms with Crippen LogP contribution in [0.1, 0.15) is 44.8 Å². The average molecular weight is 224 g/mol. The molecule has 2 rings (SSSR count). The number of fused-ring (bicyclic) bond motifs is 1. The molecule has 0 saturated heterocycles. The number of hydrogen-bond donors (Lipinski definition) is 2. The van der Waals surface area contributed by atoms with Gasteiger partial charge in [-0.3, -0.25) is 0 Å². The number of aromatic nitrogens is 2. The number of rotatable bonds is 0. The van der Waals surface area contributed by atoms with E-state index in [1.165, 1.54) is 5.56 Å². The maximum absolute atomic E-state index is 4.31. The Kier molecular flexibility index (Phi) is 7.46. The molecular formula is C12H24N4. The smallest absolute Gasteiger partial charge is 0.147 e. The molecular weight excluding hydrogens is 200 g/mol. The summed E-state index contributed by atoms with van der Waals surface area (Å²) in [5, 5.41) is 0. The summed E-state index contributed by atoms with van der Waals surface area (Å²) in [5.41, 5.74) is 8.42. The molecule has 1 aromatic heterocycles. The van der Waals surface area contributed by atoms with Gasteiger partial charge in [-0.15, -0.1) is 0 Å². The van der Waals surface area contributed by atoms with E-state index in [4.69, 9.17) is 0 Å². The van der Waals surface area contributed by atoms with E-state index in [2.05, 4.69) is 20.8 Å². The number of hydrogen-bond acceptors (Lipinski definition) is 4. The van der Waals surface area contributed by atoms with Crippen LogP contribution in [0.3, 0.4) is 0 Å². The van der Waals surface area contributed by atoms with Crippen LogP contribution in [0, 0.1) is 13.8 Å². The zero-order valence-corrected chi connectivity index (χ0v) is 11.3. The Morgan fingerprint density at radius 2 is 1.62 bits per heavy atom. The summed E-state index contributed by atoms with van der Waals surface area (Å²) in [7, 11) is 0. The first-order chi connectivity index (χ1) is 7.77. The molecule has 0 bridgehead atoms. The van der Waals surface area contributed by atoms with E-state index in [0.29, 0.717) is 0 Å². The molecule has 92 valence electrons. The maximum atomic E-state index is 4.31. The second-order valence-corrected chi connectivity index (χ2v) is 2.99. The normalized spacial score (nSPS) is 12.1. The highest BCUT2D eigenvalue weighted by molar-refractivity contribution is 5.47. The summed E-state index contributed by atoms with van der Waals surface area (Å²) in [5.74, 6) is 1.76. The van der Waals surface area contributed by atoms with E-state index in [-0.39, 0.29) is 0 Å². The molecule has 4 nitrogen and oxygen atoms in total. The van der Waals surface area contributed by atoms with Crippen molar-refractivity contribution in [2.75, 3.05) is 12.0 Å². The van der Waals surface area contributed by atoms with Gasteiger partial charge < -0.3 is 5.43 Å². The van der Waals surface area contributed by atoms with Gasteiger partial charge in [0, 0.05) is 17.8 Å². The van der Waals surface area contributed by atoms with E-state index in [0.717, 1.165) is 30.3 Å². The summed E-state index contributed by atoms with van der Waals surface area (Å²) in [6.45, 7) is 12.9. The Bertz CT molecular complexity index is 310. The van der Waals surface area contributed by atoms with Crippen molar-refractivity contribution in [3.8, 4) is 0 Å². The van der Waals surface area contributed by atoms with Gasteiger partial charge in [0.15, 0.2) is 0 Å². The van der Waals surface area contributed by atoms with E-state index in [1.807, 2.05) is 41.5 Å².